The Balaban J connectivity index is 1.74. The van der Waals surface area contributed by atoms with Gasteiger partial charge in [0.05, 0.1) is 12.3 Å². The second kappa shape index (κ2) is 7.55. The third-order valence-corrected chi connectivity index (χ3v) is 4.20. The van der Waals surface area contributed by atoms with E-state index >= 15 is 0 Å². The van der Waals surface area contributed by atoms with Crippen molar-refractivity contribution in [2.45, 2.75) is 45.6 Å². The third kappa shape index (κ3) is 3.75. The number of rotatable bonds is 5. The summed E-state index contributed by atoms with van der Waals surface area (Å²) in [6.07, 6.45) is 1.73. The van der Waals surface area contributed by atoms with E-state index in [1.807, 2.05) is 45.0 Å². The summed E-state index contributed by atoms with van der Waals surface area (Å²) >= 11 is 0. The molecule has 0 aliphatic carbocycles. The average molecular weight is 344 g/mol. The van der Waals surface area contributed by atoms with Crippen LogP contribution >= 0.6 is 0 Å². The molecule has 1 aromatic heterocycles. The van der Waals surface area contributed by atoms with Gasteiger partial charge in [-0.05, 0) is 31.9 Å². The molecule has 3 rings (SSSR count). The first kappa shape index (κ1) is 17.3. The molecule has 1 fully saturated rings. The van der Waals surface area contributed by atoms with E-state index < -0.39 is 0 Å². The smallest absolute Gasteiger partial charge is 0.322 e. The lowest BCUT2D eigenvalue weighted by Crippen LogP contribution is -2.34. The van der Waals surface area contributed by atoms with Crippen LogP contribution in [0.5, 0.6) is 5.75 Å². The van der Waals surface area contributed by atoms with Crippen molar-refractivity contribution in [3.8, 4) is 5.75 Å². The van der Waals surface area contributed by atoms with Crippen LogP contribution in [0.2, 0.25) is 0 Å². The third-order valence-electron chi connectivity index (χ3n) is 4.20. The maximum atomic E-state index is 12.8. The highest BCUT2D eigenvalue weighted by Gasteiger charge is 2.34. The Morgan fingerprint density at radius 3 is 2.96 bits per heavy atom. The van der Waals surface area contributed by atoms with E-state index in [0.29, 0.717) is 36.3 Å². The maximum absolute atomic E-state index is 12.8. The molecular weight excluding hydrogens is 320 g/mol. The lowest BCUT2D eigenvalue weighted by Gasteiger charge is -2.23. The van der Waals surface area contributed by atoms with Gasteiger partial charge in [0.25, 0.3) is 0 Å². The van der Waals surface area contributed by atoms with Crippen LogP contribution in [0.3, 0.4) is 0 Å². The van der Waals surface area contributed by atoms with Crippen molar-refractivity contribution in [3.05, 3.63) is 36.0 Å². The lowest BCUT2D eigenvalue weighted by molar-refractivity contribution is 0.193. The number of anilines is 1. The standard InChI is InChI=1S/C18H24N4O3/c1-4-24-15-10-6-5-8-13(15)19-18(23)22-11-7-9-14(22)17-20-16(12(2)3)21-25-17/h5-6,8,10,12,14H,4,7,9,11H2,1-3H3,(H,19,23)/t14-/m0/s1. The first-order valence-corrected chi connectivity index (χ1v) is 8.73. The van der Waals surface area contributed by atoms with Gasteiger partial charge in [-0.3, -0.25) is 0 Å². The van der Waals surface area contributed by atoms with Gasteiger partial charge in [-0.15, -0.1) is 0 Å². The average Bonchev–Trinajstić information content (AvgIpc) is 3.25. The van der Waals surface area contributed by atoms with Gasteiger partial charge in [-0.2, -0.15) is 4.98 Å². The summed E-state index contributed by atoms with van der Waals surface area (Å²) in [5.41, 5.74) is 0.661. The highest BCUT2D eigenvalue weighted by atomic mass is 16.5. The Labute approximate surface area is 147 Å². The molecule has 0 spiro atoms. The van der Waals surface area contributed by atoms with Crippen LogP contribution in [0, 0.1) is 0 Å². The summed E-state index contributed by atoms with van der Waals surface area (Å²) in [6, 6.07) is 7.06. The fourth-order valence-corrected chi connectivity index (χ4v) is 2.92. The number of hydrogen-bond acceptors (Lipinski definition) is 5. The molecule has 134 valence electrons. The fourth-order valence-electron chi connectivity index (χ4n) is 2.92. The molecule has 7 heteroatoms. The number of aromatic nitrogens is 2. The summed E-state index contributed by atoms with van der Waals surface area (Å²) < 4.78 is 11.0. The van der Waals surface area contributed by atoms with Crippen LogP contribution in [0.25, 0.3) is 0 Å². The maximum Gasteiger partial charge on any atom is 0.322 e. The summed E-state index contributed by atoms with van der Waals surface area (Å²) in [7, 11) is 0. The highest BCUT2D eigenvalue weighted by Crippen LogP contribution is 2.33. The monoisotopic (exact) mass is 344 g/mol. The normalized spacial score (nSPS) is 17.1. The zero-order valence-corrected chi connectivity index (χ0v) is 14.9. The first-order valence-electron chi connectivity index (χ1n) is 8.73. The summed E-state index contributed by atoms with van der Waals surface area (Å²) in [5.74, 6) is 2.03. The number of carbonyl (C=O) groups is 1. The predicted octanol–water partition coefficient (Wildman–Crippen LogP) is 3.96. The molecule has 0 radical (unpaired) electrons. The summed E-state index contributed by atoms with van der Waals surface area (Å²) in [4.78, 5) is 19.0. The van der Waals surface area contributed by atoms with Crippen LogP contribution in [0.1, 0.15) is 57.3 Å². The van der Waals surface area contributed by atoms with Gasteiger partial charge >= 0.3 is 6.03 Å². The highest BCUT2D eigenvalue weighted by molar-refractivity contribution is 5.91. The van der Waals surface area contributed by atoms with Gasteiger partial charge in [-0.1, -0.05) is 31.1 Å². The summed E-state index contributed by atoms with van der Waals surface area (Å²) in [5, 5.41) is 6.95. The SMILES string of the molecule is CCOc1ccccc1NC(=O)N1CCC[C@H]1c1nc(C(C)C)no1. The van der Waals surface area contributed by atoms with Crippen molar-refractivity contribution in [3.63, 3.8) is 0 Å². The number of para-hydroxylation sites is 2. The van der Waals surface area contributed by atoms with E-state index in [9.17, 15) is 4.79 Å². The van der Waals surface area contributed by atoms with Crippen LogP contribution in [-0.2, 0) is 0 Å². The Hall–Kier alpha value is -2.57. The van der Waals surface area contributed by atoms with Crippen molar-refractivity contribution in [2.75, 3.05) is 18.5 Å². The minimum Gasteiger partial charge on any atom is -0.492 e. The molecule has 2 heterocycles. The molecule has 1 aliphatic rings. The quantitative estimate of drug-likeness (QED) is 0.888. The molecule has 25 heavy (non-hydrogen) atoms. The number of ether oxygens (including phenoxy) is 1. The minimum atomic E-state index is -0.182. The zero-order chi connectivity index (χ0) is 17.8. The second-order valence-electron chi connectivity index (χ2n) is 6.36. The molecule has 2 aromatic rings. The van der Waals surface area contributed by atoms with E-state index in [2.05, 4.69) is 15.5 Å². The largest absolute Gasteiger partial charge is 0.492 e. The van der Waals surface area contributed by atoms with Crippen LogP contribution in [0.4, 0.5) is 10.5 Å². The fraction of sp³-hybridized carbons (Fsp3) is 0.500. The number of nitrogens with zero attached hydrogens (tertiary/aromatic N) is 3. The molecule has 0 unspecified atom stereocenters. The molecule has 1 atom stereocenters. The number of likely N-dealkylation sites (tertiary alicyclic amines) is 1. The minimum absolute atomic E-state index is 0.181. The number of benzene rings is 1. The van der Waals surface area contributed by atoms with Crippen molar-refractivity contribution in [1.29, 1.82) is 0 Å². The Bertz CT molecular complexity index is 729. The van der Waals surface area contributed by atoms with E-state index in [-0.39, 0.29) is 18.0 Å². The van der Waals surface area contributed by atoms with Crippen molar-refractivity contribution in [2.24, 2.45) is 0 Å². The Morgan fingerprint density at radius 1 is 1.44 bits per heavy atom. The number of amides is 2. The van der Waals surface area contributed by atoms with E-state index in [1.165, 1.54) is 0 Å². The van der Waals surface area contributed by atoms with Crippen LogP contribution in [0.15, 0.2) is 28.8 Å². The van der Waals surface area contributed by atoms with Gasteiger partial charge in [0, 0.05) is 12.5 Å². The first-order chi connectivity index (χ1) is 12.1. The van der Waals surface area contributed by atoms with Crippen LogP contribution in [-0.4, -0.2) is 34.2 Å². The van der Waals surface area contributed by atoms with Crippen LogP contribution < -0.4 is 10.1 Å². The Kier molecular flexibility index (Phi) is 5.21. The van der Waals surface area contributed by atoms with Gasteiger partial charge in [0.15, 0.2) is 5.82 Å². The number of hydrogen-bond donors (Lipinski definition) is 1. The van der Waals surface area contributed by atoms with Gasteiger partial charge in [0.1, 0.15) is 11.8 Å². The molecule has 1 aliphatic heterocycles. The molecule has 0 saturated carbocycles. The summed E-state index contributed by atoms with van der Waals surface area (Å²) in [6.45, 7) is 7.14. The molecular formula is C18H24N4O3. The second-order valence-corrected chi connectivity index (χ2v) is 6.36. The number of nitrogens with one attached hydrogen (secondary N) is 1. The molecule has 0 bridgehead atoms. The topological polar surface area (TPSA) is 80.5 Å². The van der Waals surface area contributed by atoms with Gasteiger partial charge in [0.2, 0.25) is 5.89 Å². The predicted molar refractivity (Wildman–Crippen MR) is 93.7 cm³/mol. The van der Waals surface area contributed by atoms with E-state index in [1.54, 1.807) is 4.90 Å². The van der Waals surface area contributed by atoms with Crippen molar-refractivity contribution < 1.29 is 14.1 Å². The van der Waals surface area contributed by atoms with E-state index in [4.69, 9.17) is 9.26 Å². The lowest BCUT2D eigenvalue weighted by atomic mass is 10.2. The molecule has 7 nitrogen and oxygen atoms in total. The van der Waals surface area contributed by atoms with Gasteiger partial charge in [-0.25, -0.2) is 4.79 Å². The molecule has 2 amide bonds. The van der Waals surface area contributed by atoms with E-state index in [0.717, 1.165) is 12.8 Å². The number of urea groups is 1. The zero-order valence-electron chi connectivity index (χ0n) is 14.9. The van der Waals surface area contributed by atoms with Gasteiger partial charge < -0.3 is 19.5 Å². The molecule has 1 saturated heterocycles. The number of carbonyl (C=O) groups excluding carboxylic acids is 1. The molecule has 1 aromatic carbocycles. The van der Waals surface area contributed by atoms with Crippen molar-refractivity contribution >= 4 is 11.7 Å². The van der Waals surface area contributed by atoms with Crippen molar-refractivity contribution in [1.82, 2.24) is 15.0 Å². The molecule has 1 N–H and O–H groups in total. The Morgan fingerprint density at radius 2 is 2.24 bits per heavy atom.